The molecule has 0 bridgehead atoms. The van der Waals surface area contributed by atoms with Gasteiger partial charge in [-0.3, -0.25) is 14.4 Å². The van der Waals surface area contributed by atoms with Crippen molar-refractivity contribution in [1.29, 1.82) is 0 Å². The van der Waals surface area contributed by atoms with Crippen LogP contribution < -0.4 is 5.32 Å². The number of nitrogens with zero attached hydrogens (tertiary/aromatic N) is 1. The van der Waals surface area contributed by atoms with E-state index in [9.17, 15) is 14.4 Å². The Bertz CT molecular complexity index is 570. The van der Waals surface area contributed by atoms with E-state index in [1.165, 1.54) is 13.4 Å². The fourth-order valence-corrected chi connectivity index (χ4v) is 2.96. The van der Waals surface area contributed by atoms with Crippen molar-refractivity contribution in [3.63, 3.8) is 0 Å². The minimum absolute atomic E-state index is 0.00934. The molecule has 2 amide bonds. The van der Waals surface area contributed by atoms with Gasteiger partial charge >= 0.3 is 5.97 Å². The topological polar surface area (TPSA) is 88.9 Å². The first kappa shape index (κ1) is 19.0. The quantitative estimate of drug-likeness (QED) is 0.572. The molecule has 1 atom stereocenters. The zero-order chi connectivity index (χ0) is 18.1. The molecule has 0 aliphatic carbocycles. The molecular weight excluding hydrogens is 324 g/mol. The van der Waals surface area contributed by atoms with Gasteiger partial charge in [0.25, 0.3) is 5.91 Å². The van der Waals surface area contributed by atoms with E-state index in [0.717, 1.165) is 32.1 Å². The molecule has 1 aromatic rings. The lowest BCUT2D eigenvalue weighted by Crippen LogP contribution is -2.45. The number of ether oxygens (including phenoxy) is 1. The van der Waals surface area contributed by atoms with E-state index in [0.29, 0.717) is 31.8 Å². The monoisotopic (exact) mass is 350 g/mol. The van der Waals surface area contributed by atoms with Crippen molar-refractivity contribution in [3.8, 4) is 0 Å². The third-order valence-corrected chi connectivity index (χ3v) is 4.40. The number of nitrogens with one attached hydrogen (secondary N) is 1. The largest absolute Gasteiger partial charge is 0.469 e. The molecule has 1 N–H and O–H groups in total. The number of amides is 2. The van der Waals surface area contributed by atoms with Crippen molar-refractivity contribution in [2.24, 2.45) is 5.92 Å². The molecule has 1 aliphatic rings. The molecule has 2 heterocycles. The van der Waals surface area contributed by atoms with Crippen molar-refractivity contribution in [2.75, 3.05) is 26.7 Å². The summed E-state index contributed by atoms with van der Waals surface area (Å²) in [4.78, 5) is 37.3. The van der Waals surface area contributed by atoms with Gasteiger partial charge < -0.3 is 19.4 Å². The van der Waals surface area contributed by atoms with Crippen LogP contribution in [0.2, 0.25) is 0 Å². The average molecular weight is 350 g/mol. The van der Waals surface area contributed by atoms with E-state index in [4.69, 9.17) is 4.42 Å². The Hall–Kier alpha value is -2.31. The molecule has 1 aliphatic heterocycles. The van der Waals surface area contributed by atoms with E-state index in [-0.39, 0.29) is 23.7 Å². The Morgan fingerprint density at radius 1 is 1.32 bits per heavy atom. The van der Waals surface area contributed by atoms with Crippen molar-refractivity contribution in [2.45, 2.75) is 38.5 Å². The molecule has 7 nitrogen and oxygen atoms in total. The second kappa shape index (κ2) is 9.86. The fraction of sp³-hybridized carbons (Fsp3) is 0.611. The third kappa shape index (κ3) is 5.92. The van der Waals surface area contributed by atoms with Crippen molar-refractivity contribution in [1.82, 2.24) is 10.2 Å². The molecule has 1 fully saturated rings. The molecule has 0 radical (unpaired) electrons. The highest BCUT2D eigenvalue weighted by atomic mass is 16.5. The molecule has 25 heavy (non-hydrogen) atoms. The number of piperidine rings is 1. The van der Waals surface area contributed by atoms with E-state index >= 15 is 0 Å². The summed E-state index contributed by atoms with van der Waals surface area (Å²) in [6, 6.07) is 3.32. The summed E-state index contributed by atoms with van der Waals surface area (Å²) >= 11 is 0. The number of furan rings is 1. The number of esters is 1. The van der Waals surface area contributed by atoms with E-state index in [1.54, 1.807) is 17.0 Å². The maximum Gasteiger partial charge on any atom is 0.305 e. The van der Waals surface area contributed by atoms with Gasteiger partial charge in [-0.05, 0) is 37.8 Å². The summed E-state index contributed by atoms with van der Waals surface area (Å²) in [6.07, 6.45) is 5.93. The smallest absolute Gasteiger partial charge is 0.305 e. The molecule has 1 aromatic heterocycles. The van der Waals surface area contributed by atoms with E-state index in [1.807, 2.05) is 0 Å². The highest BCUT2D eigenvalue weighted by Crippen LogP contribution is 2.19. The maximum absolute atomic E-state index is 12.3. The second-order valence-electron chi connectivity index (χ2n) is 6.25. The van der Waals surface area contributed by atoms with Gasteiger partial charge in [0, 0.05) is 26.1 Å². The van der Waals surface area contributed by atoms with Gasteiger partial charge in [0.15, 0.2) is 5.76 Å². The molecular formula is C18H26N2O5. The normalized spacial score (nSPS) is 17.2. The maximum atomic E-state index is 12.3. The number of carbonyl (C=O) groups excluding carboxylic acids is 3. The molecule has 0 saturated carbocycles. The van der Waals surface area contributed by atoms with Gasteiger partial charge in [-0.1, -0.05) is 6.42 Å². The van der Waals surface area contributed by atoms with Gasteiger partial charge in [0.1, 0.15) is 0 Å². The minimum atomic E-state index is -0.201. The van der Waals surface area contributed by atoms with Crippen LogP contribution in [0.4, 0.5) is 0 Å². The summed E-state index contributed by atoms with van der Waals surface area (Å²) in [6.45, 7) is 1.66. The van der Waals surface area contributed by atoms with Crippen LogP contribution in [0.3, 0.4) is 0 Å². The first-order valence-electron chi connectivity index (χ1n) is 8.79. The van der Waals surface area contributed by atoms with Crippen molar-refractivity contribution >= 4 is 17.8 Å². The predicted octanol–water partition coefficient (Wildman–Crippen LogP) is 1.98. The summed E-state index contributed by atoms with van der Waals surface area (Å²) < 4.78 is 9.73. The highest BCUT2D eigenvalue weighted by Gasteiger charge is 2.29. The third-order valence-electron chi connectivity index (χ3n) is 4.40. The number of methoxy groups -OCH3 is 1. The van der Waals surface area contributed by atoms with Crippen molar-refractivity contribution < 1.29 is 23.5 Å². The van der Waals surface area contributed by atoms with Gasteiger partial charge in [0.2, 0.25) is 5.91 Å². The molecule has 1 saturated heterocycles. The Morgan fingerprint density at radius 2 is 2.16 bits per heavy atom. The van der Waals surface area contributed by atoms with Crippen LogP contribution in [-0.4, -0.2) is 49.4 Å². The minimum Gasteiger partial charge on any atom is -0.469 e. The lowest BCUT2D eigenvalue weighted by atomic mass is 9.97. The van der Waals surface area contributed by atoms with Gasteiger partial charge in [-0.25, -0.2) is 0 Å². The molecule has 2 rings (SSSR count). The van der Waals surface area contributed by atoms with Gasteiger partial charge in [-0.2, -0.15) is 0 Å². The molecule has 1 unspecified atom stereocenters. The number of hydrogen-bond donors (Lipinski definition) is 1. The molecule has 0 aromatic carbocycles. The first-order valence-corrected chi connectivity index (χ1v) is 8.79. The second-order valence-corrected chi connectivity index (χ2v) is 6.25. The van der Waals surface area contributed by atoms with E-state index < -0.39 is 0 Å². The van der Waals surface area contributed by atoms with Crippen LogP contribution in [0.15, 0.2) is 22.8 Å². The zero-order valence-electron chi connectivity index (χ0n) is 14.7. The van der Waals surface area contributed by atoms with Crippen LogP contribution in [0, 0.1) is 5.92 Å². The SMILES string of the molecule is COC(=O)CCCCCNC(=O)C1CCCN(C(=O)c2ccco2)C1. The number of likely N-dealkylation sites (tertiary alicyclic amines) is 1. The number of rotatable bonds is 8. The Balaban J connectivity index is 1.67. The van der Waals surface area contributed by atoms with Crippen LogP contribution in [0.5, 0.6) is 0 Å². The van der Waals surface area contributed by atoms with Crippen LogP contribution in [0.25, 0.3) is 0 Å². The molecule has 7 heteroatoms. The van der Waals surface area contributed by atoms with E-state index in [2.05, 4.69) is 10.1 Å². The lowest BCUT2D eigenvalue weighted by molar-refractivity contribution is -0.140. The Morgan fingerprint density at radius 3 is 2.88 bits per heavy atom. The van der Waals surface area contributed by atoms with Crippen LogP contribution >= 0.6 is 0 Å². The summed E-state index contributed by atoms with van der Waals surface area (Å²) in [7, 11) is 1.38. The summed E-state index contributed by atoms with van der Waals surface area (Å²) in [5.41, 5.74) is 0. The van der Waals surface area contributed by atoms with Gasteiger partial charge in [-0.15, -0.1) is 0 Å². The number of unbranched alkanes of at least 4 members (excludes halogenated alkanes) is 2. The van der Waals surface area contributed by atoms with Crippen molar-refractivity contribution in [3.05, 3.63) is 24.2 Å². The molecule has 0 spiro atoms. The lowest BCUT2D eigenvalue weighted by Gasteiger charge is -2.31. The van der Waals surface area contributed by atoms with Gasteiger partial charge in [0.05, 0.1) is 19.3 Å². The predicted molar refractivity (Wildman–Crippen MR) is 90.8 cm³/mol. The summed E-state index contributed by atoms with van der Waals surface area (Å²) in [5.74, 6) is -0.239. The zero-order valence-corrected chi connectivity index (χ0v) is 14.7. The fourth-order valence-electron chi connectivity index (χ4n) is 2.96. The standard InChI is InChI=1S/C18H26N2O5/c1-24-16(21)9-3-2-4-10-19-17(22)14-7-5-11-20(13-14)18(23)15-8-6-12-25-15/h6,8,12,14H,2-5,7,9-11,13H2,1H3,(H,19,22). The first-order chi connectivity index (χ1) is 12.1. The highest BCUT2D eigenvalue weighted by molar-refractivity contribution is 5.92. The average Bonchev–Trinajstić information content (AvgIpc) is 3.18. The number of carbonyl (C=O) groups is 3. The van der Waals surface area contributed by atoms with Crippen LogP contribution in [0.1, 0.15) is 49.1 Å². The van der Waals surface area contributed by atoms with Crippen LogP contribution in [-0.2, 0) is 14.3 Å². The Labute approximate surface area is 147 Å². The molecule has 138 valence electrons. The summed E-state index contributed by atoms with van der Waals surface area (Å²) in [5, 5.41) is 2.93. The Kier molecular flexibility index (Phi) is 7.50. The number of hydrogen-bond acceptors (Lipinski definition) is 5.